The first-order valence-corrected chi connectivity index (χ1v) is 14.7. The molecule has 3 aromatic carbocycles. The lowest BCUT2D eigenvalue weighted by atomic mass is 10.0. The molecule has 2 amide bonds. The number of benzene rings is 3. The number of hydrogen-bond donors (Lipinski definition) is 2. The summed E-state index contributed by atoms with van der Waals surface area (Å²) in [5.74, 6) is 0.897. The van der Waals surface area contributed by atoms with Crippen molar-refractivity contribution in [1.82, 2.24) is 25.1 Å². The first-order chi connectivity index (χ1) is 20.2. The molecule has 9 heteroatoms. The number of nitrogens with zero attached hydrogens (tertiary/aromatic N) is 3. The average Bonchev–Trinajstić information content (AvgIpc) is 3.42. The number of nitrogens with one attached hydrogen (secondary N) is 2. The van der Waals surface area contributed by atoms with Crippen LogP contribution in [-0.4, -0.2) is 64.8 Å². The van der Waals surface area contributed by atoms with Gasteiger partial charge >= 0.3 is 6.09 Å². The van der Waals surface area contributed by atoms with Crippen molar-refractivity contribution < 1.29 is 14.3 Å². The quantitative estimate of drug-likeness (QED) is 0.303. The number of amides is 2. The van der Waals surface area contributed by atoms with Gasteiger partial charge < -0.3 is 24.8 Å². The molecule has 1 atom stereocenters. The fourth-order valence-corrected chi connectivity index (χ4v) is 6.06. The van der Waals surface area contributed by atoms with Gasteiger partial charge in [0.1, 0.15) is 18.0 Å². The maximum absolute atomic E-state index is 13.9. The number of hydrogen-bond acceptors (Lipinski definition) is 5. The van der Waals surface area contributed by atoms with Crippen LogP contribution in [0, 0.1) is 0 Å². The van der Waals surface area contributed by atoms with Crippen molar-refractivity contribution in [3.8, 4) is 11.4 Å². The zero-order chi connectivity index (χ0) is 28.0. The lowest BCUT2D eigenvalue weighted by Crippen LogP contribution is -2.52. The van der Waals surface area contributed by atoms with E-state index in [0.717, 1.165) is 66.8 Å². The Morgan fingerprint density at radius 1 is 0.881 bits per heavy atom. The van der Waals surface area contributed by atoms with Crippen LogP contribution < -0.4 is 10.6 Å². The molecule has 0 radical (unpaired) electrons. The molecule has 2 N–H and O–H groups in total. The Morgan fingerprint density at radius 3 is 2.24 bits per heavy atom. The van der Waals surface area contributed by atoms with Gasteiger partial charge in [-0.2, -0.15) is 0 Å². The van der Waals surface area contributed by atoms with E-state index in [9.17, 15) is 9.59 Å². The summed E-state index contributed by atoms with van der Waals surface area (Å²) in [6.45, 7) is 2.88. The number of imidazole rings is 1. The van der Waals surface area contributed by atoms with Gasteiger partial charge in [0, 0.05) is 31.1 Å². The van der Waals surface area contributed by atoms with Crippen molar-refractivity contribution in [2.24, 2.45) is 0 Å². The van der Waals surface area contributed by atoms with E-state index in [2.05, 4.69) is 45.5 Å². The Kier molecular flexibility index (Phi) is 9.77. The maximum atomic E-state index is 13.9. The molecule has 220 valence electrons. The van der Waals surface area contributed by atoms with Gasteiger partial charge in [-0.1, -0.05) is 72.8 Å². The number of carbonyl (C=O) groups excluding carboxylic acids is 2. The Bertz CT molecular complexity index is 1470. The van der Waals surface area contributed by atoms with Gasteiger partial charge in [0.15, 0.2) is 0 Å². The van der Waals surface area contributed by atoms with Crippen molar-refractivity contribution in [3.05, 3.63) is 90.5 Å². The van der Waals surface area contributed by atoms with Gasteiger partial charge in [0.25, 0.3) is 0 Å². The highest BCUT2D eigenvalue weighted by Crippen LogP contribution is 2.33. The number of para-hydroxylation sites is 2. The number of piperidine rings is 2. The lowest BCUT2D eigenvalue weighted by Gasteiger charge is -2.35. The van der Waals surface area contributed by atoms with Crippen LogP contribution in [0.5, 0.6) is 0 Å². The van der Waals surface area contributed by atoms with Crippen molar-refractivity contribution in [2.75, 3.05) is 26.2 Å². The van der Waals surface area contributed by atoms with E-state index >= 15 is 0 Å². The summed E-state index contributed by atoms with van der Waals surface area (Å²) in [5.41, 5.74) is 4.17. The highest BCUT2D eigenvalue weighted by Gasteiger charge is 2.32. The maximum Gasteiger partial charge on any atom is 0.408 e. The normalized spacial score (nSPS) is 16.9. The molecular formula is C33H38ClN5O3. The summed E-state index contributed by atoms with van der Waals surface area (Å²) in [6, 6.07) is 27.9. The minimum atomic E-state index is -0.683. The monoisotopic (exact) mass is 587 g/mol. The second-order valence-corrected chi connectivity index (χ2v) is 11.0. The molecule has 3 heterocycles. The molecule has 42 heavy (non-hydrogen) atoms. The Hall–Kier alpha value is -3.88. The highest BCUT2D eigenvalue weighted by molar-refractivity contribution is 5.86. The van der Waals surface area contributed by atoms with E-state index in [-0.39, 0.29) is 30.5 Å². The third kappa shape index (κ3) is 6.77. The summed E-state index contributed by atoms with van der Waals surface area (Å²) in [5, 5.41) is 6.20. The molecule has 0 saturated carbocycles. The largest absolute Gasteiger partial charge is 0.446 e. The van der Waals surface area contributed by atoms with Crippen LogP contribution >= 0.6 is 12.4 Å². The fourth-order valence-electron chi connectivity index (χ4n) is 6.06. The molecule has 2 aliphatic heterocycles. The molecule has 0 unspecified atom stereocenters. The lowest BCUT2D eigenvalue weighted by molar-refractivity contribution is -0.134. The third-order valence-electron chi connectivity index (χ3n) is 8.20. The minimum Gasteiger partial charge on any atom is -0.446 e. The molecule has 2 fully saturated rings. The van der Waals surface area contributed by atoms with E-state index in [4.69, 9.17) is 9.72 Å². The zero-order valence-electron chi connectivity index (χ0n) is 23.7. The van der Waals surface area contributed by atoms with E-state index in [1.165, 1.54) is 0 Å². The van der Waals surface area contributed by atoms with Gasteiger partial charge in [0.05, 0.1) is 11.0 Å². The summed E-state index contributed by atoms with van der Waals surface area (Å²) < 4.78 is 8.04. The van der Waals surface area contributed by atoms with Gasteiger partial charge in [0.2, 0.25) is 5.91 Å². The molecule has 6 rings (SSSR count). The Morgan fingerprint density at radius 2 is 1.52 bits per heavy atom. The standard InChI is InChI=1S/C33H37N5O3.ClH/c39-32(29(23-24-9-3-1-4-10-24)36-33(40)41-27-15-19-34-20-16-27)37-21-17-26(18-22-37)38-30-14-8-7-13-28(30)35-31(38)25-11-5-2-6-12-25;/h1-14,26-27,29,34H,15-23H2,(H,36,40);1H/t29-;/m1./s1. The summed E-state index contributed by atoms with van der Waals surface area (Å²) in [4.78, 5) is 33.6. The van der Waals surface area contributed by atoms with E-state index < -0.39 is 12.1 Å². The van der Waals surface area contributed by atoms with Crippen molar-refractivity contribution in [1.29, 1.82) is 0 Å². The first-order valence-electron chi connectivity index (χ1n) is 14.7. The molecule has 2 saturated heterocycles. The Labute approximate surface area is 252 Å². The predicted octanol–water partition coefficient (Wildman–Crippen LogP) is 5.38. The van der Waals surface area contributed by atoms with Crippen LogP contribution in [0.25, 0.3) is 22.4 Å². The number of likely N-dealkylation sites (tertiary alicyclic amines) is 1. The van der Waals surface area contributed by atoms with Gasteiger partial charge in [-0.15, -0.1) is 12.4 Å². The topological polar surface area (TPSA) is 88.5 Å². The average molecular weight is 588 g/mol. The van der Waals surface area contributed by atoms with Crippen LogP contribution in [0.1, 0.15) is 37.3 Å². The van der Waals surface area contributed by atoms with Gasteiger partial charge in [-0.3, -0.25) is 4.79 Å². The molecule has 0 bridgehead atoms. The minimum absolute atomic E-state index is 0. The van der Waals surface area contributed by atoms with E-state index in [0.29, 0.717) is 19.5 Å². The zero-order valence-corrected chi connectivity index (χ0v) is 24.5. The molecule has 2 aliphatic rings. The SMILES string of the molecule is Cl.O=C(N[C@H](Cc1ccccc1)C(=O)N1CCC(n2c(-c3ccccc3)nc3ccccc32)CC1)OC1CCNCC1. The molecule has 0 aliphatic carbocycles. The molecule has 8 nitrogen and oxygen atoms in total. The molecular weight excluding hydrogens is 550 g/mol. The number of rotatable bonds is 7. The number of aromatic nitrogens is 2. The van der Waals surface area contributed by atoms with Crippen LogP contribution in [-0.2, 0) is 16.0 Å². The highest BCUT2D eigenvalue weighted by atomic mass is 35.5. The number of halogens is 1. The number of fused-ring (bicyclic) bond motifs is 1. The summed E-state index contributed by atoms with van der Waals surface area (Å²) in [6.07, 6.45) is 2.97. The van der Waals surface area contributed by atoms with Crippen LogP contribution in [0.4, 0.5) is 4.79 Å². The molecule has 0 spiro atoms. The van der Waals surface area contributed by atoms with Gasteiger partial charge in [-0.05, 0) is 56.5 Å². The Balaban J connectivity index is 0.00000353. The van der Waals surface area contributed by atoms with E-state index in [1.807, 2.05) is 59.5 Å². The van der Waals surface area contributed by atoms with Crippen molar-refractivity contribution in [3.63, 3.8) is 0 Å². The molecule has 1 aromatic heterocycles. The number of alkyl carbamates (subject to hydrolysis) is 1. The predicted molar refractivity (Wildman–Crippen MR) is 167 cm³/mol. The second kappa shape index (κ2) is 13.9. The first kappa shape index (κ1) is 29.6. The third-order valence-corrected chi connectivity index (χ3v) is 8.20. The fraction of sp³-hybridized carbons (Fsp3) is 0.364. The summed E-state index contributed by atoms with van der Waals surface area (Å²) >= 11 is 0. The molecule has 4 aromatic rings. The van der Waals surface area contributed by atoms with E-state index in [1.54, 1.807) is 0 Å². The van der Waals surface area contributed by atoms with Crippen molar-refractivity contribution >= 4 is 35.4 Å². The number of ether oxygens (including phenoxy) is 1. The second-order valence-electron chi connectivity index (χ2n) is 11.0. The van der Waals surface area contributed by atoms with Crippen LogP contribution in [0.2, 0.25) is 0 Å². The number of carbonyl (C=O) groups is 2. The summed E-state index contributed by atoms with van der Waals surface area (Å²) in [7, 11) is 0. The van der Waals surface area contributed by atoms with Crippen molar-refractivity contribution in [2.45, 2.75) is 50.3 Å². The van der Waals surface area contributed by atoms with Crippen LogP contribution in [0.15, 0.2) is 84.9 Å². The smallest absolute Gasteiger partial charge is 0.408 e. The van der Waals surface area contributed by atoms with Gasteiger partial charge in [-0.25, -0.2) is 9.78 Å². The van der Waals surface area contributed by atoms with Crippen LogP contribution in [0.3, 0.4) is 0 Å².